The van der Waals surface area contributed by atoms with Gasteiger partial charge in [0, 0.05) is 18.6 Å². The highest BCUT2D eigenvalue weighted by atomic mass is 16.2. The number of carbonyl (C=O) groups is 2. The first-order valence-corrected chi connectivity index (χ1v) is 6.31. The van der Waals surface area contributed by atoms with E-state index in [0.717, 1.165) is 19.6 Å². The van der Waals surface area contributed by atoms with Crippen molar-refractivity contribution in [2.24, 2.45) is 11.8 Å². The Hall–Kier alpha value is -0.940. The molecule has 3 rings (SSSR count). The molecule has 0 aromatic carbocycles. The highest BCUT2D eigenvalue weighted by Gasteiger charge is 2.54. The van der Waals surface area contributed by atoms with Gasteiger partial charge in [-0.05, 0) is 32.2 Å². The molecule has 2 N–H and O–H groups in total. The van der Waals surface area contributed by atoms with Crippen LogP contribution in [0.15, 0.2) is 0 Å². The lowest BCUT2D eigenvalue weighted by molar-refractivity contribution is -0.127. The van der Waals surface area contributed by atoms with E-state index in [4.69, 9.17) is 0 Å². The number of imide groups is 1. The lowest BCUT2D eigenvalue weighted by Gasteiger charge is -2.38. The summed E-state index contributed by atoms with van der Waals surface area (Å²) >= 11 is 0. The quantitative estimate of drug-likeness (QED) is 0.594. The molecule has 3 atom stereocenters. The van der Waals surface area contributed by atoms with Crippen LogP contribution in [0.4, 0.5) is 0 Å². The highest BCUT2D eigenvalue weighted by Crippen LogP contribution is 2.42. The van der Waals surface area contributed by atoms with E-state index in [1.165, 1.54) is 0 Å². The normalized spacial score (nSPS) is 40.7. The van der Waals surface area contributed by atoms with Crippen molar-refractivity contribution >= 4 is 11.8 Å². The van der Waals surface area contributed by atoms with Crippen LogP contribution in [-0.4, -0.2) is 47.9 Å². The minimum atomic E-state index is -0.247. The lowest BCUT2D eigenvalue weighted by Crippen LogP contribution is -2.52. The Labute approximate surface area is 101 Å². The second-order valence-electron chi connectivity index (χ2n) is 5.96. The molecule has 3 unspecified atom stereocenters. The van der Waals surface area contributed by atoms with Crippen molar-refractivity contribution in [3.05, 3.63) is 0 Å². The van der Waals surface area contributed by atoms with Gasteiger partial charge >= 0.3 is 0 Å². The minimum Gasteiger partial charge on any atom is -0.316 e. The molecule has 3 aliphatic rings. The van der Waals surface area contributed by atoms with E-state index >= 15 is 0 Å². The van der Waals surface area contributed by atoms with Gasteiger partial charge in [0.15, 0.2) is 0 Å². The van der Waals surface area contributed by atoms with E-state index in [-0.39, 0.29) is 23.4 Å². The van der Waals surface area contributed by atoms with Gasteiger partial charge < -0.3 is 5.32 Å². The maximum atomic E-state index is 11.8. The molecule has 0 aliphatic carbocycles. The minimum absolute atomic E-state index is 0.000787. The van der Waals surface area contributed by atoms with E-state index in [1.54, 1.807) is 0 Å². The zero-order chi connectivity index (χ0) is 12.2. The third-order valence-corrected chi connectivity index (χ3v) is 4.74. The molecule has 3 heterocycles. The third kappa shape index (κ3) is 1.52. The summed E-state index contributed by atoms with van der Waals surface area (Å²) in [5.41, 5.74) is 0.000787. The van der Waals surface area contributed by atoms with Gasteiger partial charge in [-0.2, -0.15) is 0 Å². The summed E-state index contributed by atoms with van der Waals surface area (Å²) in [6.07, 6.45) is 0.329. The first kappa shape index (κ1) is 11.2. The highest BCUT2D eigenvalue weighted by molar-refractivity contribution is 6.05. The maximum Gasteiger partial charge on any atom is 0.244 e. The van der Waals surface area contributed by atoms with Gasteiger partial charge in [-0.1, -0.05) is 0 Å². The molecule has 0 radical (unpaired) electrons. The van der Waals surface area contributed by atoms with E-state index in [0.29, 0.717) is 18.3 Å². The average Bonchev–Trinajstić information content (AvgIpc) is 2.85. The van der Waals surface area contributed by atoms with Gasteiger partial charge in [-0.15, -0.1) is 0 Å². The van der Waals surface area contributed by atoms with Crippen molar-refractivity contribution in [3.8, 4) is 0 Å². The molecule has 17 heavy (non-hydrogen) atoms. The Morgan fingerprint density at radius 3 is 2.65 bits per heavy atom. The van der Waals surface area contributed by atoms with Gasteiger partial charge in [0.2, 0.25) is 11.8 Å². The summed E-state index contributed by atoms with van der Waals surface area (Å²) in [6.45, 7) is 7.38. The Balaban J connectivity index is 1.85. The fourth-order valence-corrected chi connectivity index (χ4v) is 3.77. The molecular formula is C12H19N3O2. The predicted octanol–water partition coefficient (Wildman–Crippen LogP) is -0.669. The summed E-state index contributed by atoms with van der Waals surface area (Å²) < 4.78 is 0. The van der Waals surface area contributed by atoms with Crippen LogP contribution in [-0.2, 0) is 9.59 Å². The molecule has 5 nitrogen and oxygen atoms in total. The van der Waals surface area contributed by atoms with Crippen LogP contribution in [0.5, 0.6) is 0 Å². The summed E-state index contributed by atoms with van der Waals surface area (Å²) in [5, 5.41) is 5.83. The van der Waals surface area contributed by atoms with Crippen molar-refractivity contribution in [2.45, 2.75) is 31.8 Å². The lowest BCUT2D eigenvalue weighted by atomic mass is 9.84. The topological polar surface area (TPSA) is 61.4 Å². The van der Waals surface area contributed by atoms with Crippen LogP contribution in [0.25, 0.3) is 0 Å². The van der Waals surface area contributed by atoms with Crippen LogP contribution in [0.3, 0.4) is 0 Å². The van der Waals surface area contributed by atoms with Gasteiger partial charge in [0.25, 0.3) is 0 Å². The average molecular weight is 237 g/mol. The largest absolute Gasteiger partial charge is 0.316 e. The van der Waals surface area contributed by atoms with E-state index in [2.05, 4.69) is 29.4 Å². The molecule has 3 saturated heterocycles. The molecule has 0 saturated carbocycles. The van der Waals surface area contributed by atoms with Crippen LogP contribution in [0.1, 0.15) is 20.3 Å². The summed E-state index contributed by atoms with van der Waals surface area (Å²) in [5.74, 6) is 0.960. The number of nitrogens with one attached hydrogen (secondary N) is 2. The van der Waals surface area contributed by atoms with Crippen LogP contribution in [0, 0.1) is 11.8 Å². The molecule has 5 heteroatoms. The molecule has 0 aromatic heterocycles. The van der Waals surface area contributed by atoms with Crippen molar-refractivity contribution in [3.63, 3.8) is 0 Å². The fourth-order valence-electron chi connectivity index (χ4n) is 3.77. The first-order valence-electron chi connectivity index (χ1n) is 6.31. The van der Waals surface area contributed by atoms with Gasteiger partial charge in [-0.3, -0.25) is 19.8 Å². The van der Waals surface area contributed by atoms with E-state index in [1.807, 2.05) is 0 Å². The second kappa shape index (κ2) is 3.53. The summed E-state index contributed by atoms with van der Waals surface area (Å²) in [7, 11) is 0. The van der Waals surface area contributed by atoms with Crippen molar-refractivity contribution in [1.29, 1.82) is 0 Å². The first-order chi connectivity index (χ1) is 8.00. The van der Waals surface area contributed by atoms with E-state index < -0.39 is 0 Å². The van der Waals surface area contributed by atoms with Crippen molar-refractivity contribution in [2.75, 3.05) is 19.6 Å². The fraction of sp³-hybridized carbons (Fsp3) is 0.833. The standard InChI is InChI=1S/C12H19N3O2/c1-12(2)8-5-13-4-7(8)6-15(12)9-3-10(16)14-11(9)17/h7-9,13H,3-6H2,1-2H3,(H,14,16,17). The van der Waals surface area contributed by atoms with Crippen molar-refractivity contribution in [1.82, 2.24) is 15.5 Å². The number of rotatable bonds is 1. The smallest absolute Gasteiger partial charge is 0.244 e. The molecule has 2 amide bonds. The molecule has 3 aliphatic heterocycles. The Morgan fingerprint density at radius 1 is 1.29 bits per heavy atom. The second-order valence-corrected chi connectivity index (χ2v) is 5.96. The molecule has 0 bridgehead atoms. The number of carbonyl (C=O) groups excluding carboxylic acids is 2. The zero-order valence-electron chi connectivity index (χ0n) is 10.3. The Kier molecular flexibility index (Phi) is 2.32. The zero-order valence-corrected chi connectivity index (χ0v) is 10.3. The maximum absolute atomic E-state index is 11.8. The third-order valence-electron chi connectivity index (χ3n) is 4.74. The van der Waals surface area contributed by atoms with Crippen molar-refractivity contribution < 1.29 is 9.59 Å². The van der Waals surface area contributed by atoms with Gasteiger partial charge in [0.05, 0.1) is 12.5 Å². The molecular weight excluding hydrogens is 218 g/mol. The van der Waals surface area contributed by atoms with Crippen LogP contribution < -0.4 is 10.6 Å². The molecule has 94 valence electrons. The summed E-state index contributed by atoms with van der Waals surface area (Å²) in [4.78, 5) is 25.3. The number of hydrogen-bond donors (Lipinski definition) is 2. The Morgan fingerprint density at radius 2 is 2.06 bits per heavy atom. The van der Waals surface area contributed by atoms with Gasteiger partial charge in [0.1, 0.15) is 0 Å². The molecule has 3 fully saturated rings. The number of hydrogen-bond acceptors (Lipinski definition) is 4. The summed E-state index contributed by atoms with van der Waals surface area (Å²) in [6, 6.07) is -0.247. The molecule has 0 spiro atoms. The number of amides is 2. The Bertz CT molecular complexity index is 380. The van der Waals surface area contributed by atoms with E-state index in [9.17, 15) is 9.59 Å². The van der Waals surface area contributed by atoms with Gasteiger partial charge in [-0.25, -0.2) is 0 Å². The predicted molar refractivity (Wildman–Crippen MR) is 62.2 cm³/mol. The van der Waals surface area contributed by atoms with Crippen LogP contribution in [0.2, 0.25) is 0 Å². The number of nitrogens with zero attached hydrogens (tertiary/aromatic N) is 1. The monoisotopic (exact) mass is 237 g/mol. The number of likely N-dealkylation sites (tertiary alicyclic amines) is 1. The number of fused-ring (bicyclic) bond motifs is 1. The van der Waals surface area contributed by atoms with Crippen LogP contribution >= 0.6 is 0 Å². The SMILES string of the molecule is CC1(C)C2CNCC2CN1C1CC(=O)NC1=O. The molecule has 0 aromatic rings.